The summed E-state index contributed by atoms with van der Waals surface area (Å²) in [6.45, 7) is 4.00. The molecule has 0 spiro atoms. The molecule has 6 nitrogen and oxygen atoms in total. The zero-order chi connectivity index (χ0) is 32.0. The molecule has 0 fully saturated rings. The predicted octanol–water partition coefficient (Wildman–Crippen LogP) is 8.72. The fourth-order valence-electron chi connectivity index (χ4n) is 5.39. The van der Waals surface area contributed by atoms with Gasteiger partial charge in [0.15, 0.2) is 0 Å². The Balaban J connectivity index is 1.24. The Morgan fingerprint density at radius 1 is 0.761 bits per heavy atom. The lowest BCUT2D eigenvalue weighted by Crippen LogP contribution is -2.30. The summed E-state index contributed by atoms with van der Waals surface area (Å²) in [6.07, 6.45) is 2.28. The van der Waals surface area contributed by atoms with Gasteiger partial charge in [-0.05, 0) is 67.4 Å². The summed E-state index contributed by atoms with van der Waals surface area (Å²) >= 11 is 1.47. The van der Waals surface area contributed by atoms with Crippen molar-refractivity contribution in [2.75, 3.05) is 5.32 Å². The molecule has 1 atom stereocenters. The van der Waals surface area contributed by atoms with Crippen molar-refractivity contribution in [3.05, 3.63) is 150 Å². The number of thioether (sulfide) groups is 1. The fraction of sp³-hybridized carbons (Fsp3) is 0.103. The minimum atomic E-state index is -0.458. The van der Waals surface area contributed by atoms with E-state index in [4.69, 9.17) is 0 Å². The molecule has 46 heavy (non-hydrogen) atoms. The van der Waals surface area contributed by atoms with E-state index in [9.17, 15) is 14.4 Å². The number of carbonyl (C=O) groups is 3. The van der Waals surface area contributed by atoms with Crippen molar-refractivity contribution < 1.29 is 14.4 Å². The summed E-state index contributed by atoms with van der Waals surface area (Å²) in [5, 5.41) is 7.47. The highest BCUT2D eigenvalue weighted by Crippen LogP contribution is 2.33. The Labute approximate surface area is 272 Å². The van der Waals surface area contributed by atoms with Crippen LogP contribution in [0.1, 0.15) is 39.6 Å². The smallest absolute Gasteiger partial charge is 0.272 e. The van der Waals surface area contributed by atoms with Gasteiger partial charge in [-0.1, -0.05) is 97.4 Å². The summed E-state index contributed by atoms with van der Waals surface area (Å²) in [7, 11) is 0. The molecule has 0 aliphatic carbocycles. The predicted molar refractivity (Wildman–Crippen MR) is 188 cm³/mol. The largest absolute Gasteiger partial charge is 0.321 e. The van der Waals surface area contributed by atoms with Gasteiger partial charge in [0.2, 0.25) is 5.91 Å². The highest BCUT2D eigenvalue weighted by molar-refractivity contribution is 8.00. The van der Waals surface area contributed by atoms with E-state index in [0.29, 0.717) is 17.7 Å². The van der Waals surface area contributed by atoms with Crippen molar-refractivity contribution in [2.45, 2.75) is 30.4 Å². The van der Waals surface area contributed by atoms with Crippen LogP contribution in [0, 0.1) is 6.92 Å². The number of nitrogens with one attached hydrogen (secondary N) is 2. The van der Waals surface area contributed by atoms with E-state index < -0.39 is 5.91 Å². The van der Waals surface area contributed by atoms with E-state index >= 15 is 0 Å². The zero-order valence-electron chi connectivity index (χ0n) is 25.6. The molecule has 2 amide bonds. The first kappa shape index (κ1) is 30.6. The molecule has 0 aliphatic heterocycles. The Hall–Kier alpha value is -5.40. The molecule has 1 aromatic heterocycles. The van der Waals surface area contributed by atoms with Crippen LogP contribution in [0.15, 0.2) is 138 Å². The molecule has 228 valence electrons. The summed E-state index contributed by atoms with van der Waals surface area (Å²) in [5.74, 6) is -0.834. The van der Waals surface area contributed by atoms with Crippen molar-refractivity contribution in [3.8, 4) is 0 Å². The topological polar surface area (TPSA) is 80.2 Å². The first-order valence-electron chi connectivity index (χ1n) is 15.2. The Kier molecular flexibility index (Phi) is 9.13. The third-order valence-corrected chi connectivity index (χ3v) is 9.08. The van der Waals surface area contributed by atoms with Crippen LogP contribution in [0.2, 0.25) is 0 Å². The number of carbonyl (C=O) groups excluding carboxylic acids is 3. The van der Waals surface area contributed by atoms with Crippen LogP contribution in [0.25, 0.3) is 27.9 Å². The third kappa shape index (κ3) is 6.65. The highest BCUT2D eigenvalue weighted by atomic mass is 32.2. The number of amides is 2. The minimum Gasteiger partial charge on any atom is -0.321 e. The third-order valence-electron chi connectivity index (χ3n) is 7.73. The monoisotopic (exact) mass is 623 g/mol. The van der Waals surface area contributed by atoms with Gasteiger partial charge in [0.1, 0.15) is 5.70 Å². The van der Waals surface area contributed by atoms with E-state index in [1.165, 1.54) is 11.8 Å². The molecule has 2 N–H and O–H groups in total. The quantitative estimate of drug-likeness (QED) is 0.125. The molecule has 6 aromatic rings. The number of fused-ring (bicyclic) bond motifs is 3. The number of anilines is 1. The molecular weight excluding hydrogens is 591 g/mol. The van der Waals surface area contributed by atoms with Gasteiger partial charge in [0, 0.05) is 26.9 Å². The van der Waals surface area contributed by atoms with Gasteiger partial charge in [0.05, 0.1) is 16.3 Å². The zero-order valence-corrected chi connectivity index (χ0v) is 26.4. The Bertz CT molecular complexity index is 2030. The number of hydrogen-bond donors (Lipinski definition) is 2. The maximum absolute atomic E-state index is 14.1. The van der Waals surface area contributed by atoms with Crippen LogP contribution >= 0.6 is 11.8 Å². The van der Waals surface area contributed by atoms with Crippen LogP contribution in [-0.2, 0) is 4.79 Å². The number of para-hydroxylation sites is 2. The van der Waals surface area contributed by atoms with Gasteiger partial charge in [-0.25, -0.2) is 0 Å². The SMILES string of the molecule is CCC(Sc1cccc(NC(=O)/C(=C\c2ccc(C)cc2)NC(=O)c2ccccc2)c1)C(=O)n1c2ccccc2c2ccccc21. The standard InChI is InChI=1S/C39H33N3O3S/c1-3-36(39(45)42-34-18-9-7-16-31(34)32-17-8-10-19-35(32)42)46-30-15-11-14-29(25-30)40-38(44)33(24-27-22-20-26(2)21-23-27)41-37(43)28-12-5-4-6-13-28/h4-25,36H,3H2,1-2H3,(H,40,44)(H,41,43)/b33-24+. The van der Waals surface area contributed by atoms with E-state index in [1.54, 1.807) is 36.4 Å². The maximum atomic E-state index is 14.1. The molecule has 1 unspecified atom stereocenters. The van der Waals surface area contributed by atoms with Gasteiger partial charge in [-0.3, -0.25) is 19.0 Å². The van der Waals surface area contributed by atoms with E-state index in [0.717, 1.165) is 37.8 Å². The molecular formula is C39H33N3O3S. The Morgan fingerprint density at radius 2 is 1.39 bits per heavy atom. The molecule has 0 bridgehead atoms. The summed E-state index contributed by atoms with van der Waals surface area (Å²) in [6, 6.07) is 39.8. The first-order valence-corrected chi connectivity index (χ1v) is 16.0. The minimum absolute atomic E-state index is 0.00582. The van der Waals surface area contributed by atoms with E-state index in [1.807, 2.05) is 115 Å². The van der Waals surface area contributed by atoms with Crippen molar-refractivity contribution in [1.82, 2.24) is 9.88 Å². The lowest BCUT2D eigenvalue weighted by atomic mass is 10.1. The van der Waals surface area contributed by atoms with Gasteiger partial charge >= 0.3 is 0 Å². The second kappa shape index (κ2) is 13.7. The molecule has 6 rings (SSSR count). The van der Waals surface area contributed by atoms with Crippen LogP contribution in [0.5, 0.6) is 0 Å². The van der Waals surface area contributed by atoms with Gasteiger partial charge in [-0.15, -0.1) is 11.8 Å². The molecule has 0 saturated carbocycles. The summed E-state index contributed by atoms with van der Waals surface area (Å²) in [5.41, 5.74) is 4.76. The number of aryl methyl sites for hydroxylation is 1. The lowest BCUT2D eigenvalue weighted by molar-refractivity contribution is -0.113. The number of rotatable bonds is 9. The Morgan fingerprint density at radius 3 is 2.04 bits per heavy atom. The van der Waals surface area contributed by atoms with Gasteiger partial charge < -0.3 is 10.6 Å². The van der Waals surface area contributed by atoms with E-state index in [-0.39, 0.29) is 22.8 Å². The number of hydrogen-bond acceptors (Lipinski definition) is 4. The average Bonchev–Trinajstić information content (AvgIpc) is 3.42. The van der Waals surface area contributed by atoms with Gasteiger partial charge in [-0.2, -0.15) is 0 Å². The first-order chi connectivity index (χ1) is 22.4. The number of benzene rings is 5. The van der Waals surface area contributed by atoms with Crippen molar-refractivity contribution in [3.63, 3.8) is 0 Å². The summed E-state index contributed by atoms with van der Waals surface area (Å²) in [4.78, 5) is 41.5. The van der Waals surface area contributed by atoms with Crippen LogP contribution < -0.4 is 10.6 Å². The van der Waals surface area contributed by atoms with Gasteiger partial charge in [0.25, 0.3) is 11.8 Å². The molecule has 5 aromatic carbocycles. The number of aromatic nitrogens is 1. The fourth-order valence-corrected chi connectivity index (χ4v) is 6.45. The second-order valence-corrected chi connectivity index (χ2v) is 12.3. The molecule has 7 heteroatoms. The normalized spacial score (nSPS) is 12.2. The molecule has 0 saturated heterocycles. The average molecular weight is 624 g/mol. The molecule has 0 aliphatic rings. The highest BCUT2D eigenvalue weighted by Gasteiger charge is 2.24. The van der Waals surface area contributed by atoms with Crippen LogP contribution in [0.4, 0.5) is 5.69 Å². The maximum Gasteiger partial charge on any atom is 0.272 e. The molecule has 0 radical (unpaired) electrons. The lowest BCUT2D eigenvalue weighted by Gasteiger charge is -2.17. The second-order valence-electron chi connectivity index (χ2n) is 11.0. The van der Waals surface area contributed by atoms with Crippen molar-refractivity contribution >= 4 is 63.1 Å². The summed E-state index contributed by atoms with van der Waals surface area (Å²) < 4.78 is 1.83. The number of nitrogens with zero attached hydrogens (tertiary/aromatic N) is 1. The van der Waals surface area contributed by atoms with Crippen LogP contribution in [0.3, 0.4) is 0 Å². The van der Waals surface area contributed by atoms with Crippen molar-refractivity contribution in [1.29, 1.82) is 0 Å². The van der Waals surface area contributed by atoms with Crippen molar-refractivity contribution in [2.24, 2.45) is 0 Å². The van der Waals surface area contributed by atoms with E-state index in [2.05, 4.69) is 10.6 Å². The molecule has 1 heterocycles. The van der Waals surface area contributed by atoms with Crippen LogP contribution in [-0.4, -0.2) is 27.5 Å².